The molecule has 0 bridgehead atoms. The third-order valence-electron chi connectivity index (χ3n) is 3.24. The molecule has 0 spiro atoms. The predicted octanol–water partition coefficient (Wildman–Crippen LogP) is 1.41. The van der Waals surface area contributed by atoms with Gasteiger partial charge in [0.15, 0.2) is 0 Å². The van der Waals surface area contributed by atoms with Gasteiger partial charge in [-0.05, 0) is 32.0 Å². The van der Waals surface area contributed by atoms with Crippen molar-refractivity contribution in [1.82, 2.24) is 15.1 Å². The molecule has 0 radical (unpaired) electrons. The van der Waals surface area contributed by atoms with E-state index in [1.807, 2.05) is 4.68 Å². The van der Waals surface area contributed by atoms with E-state index >= 15 is 0 Å². The van der Waals surface area contributed by atoms with Crippen LogP contribution in [0, 0.1) is 6.92 Å². The lowest BCUT2D eigenvalue weighted by Crippen LogP contribution is -2.25. The summed E-state index contributed by atoms with van der Waals surface area (Å²) in [7, 11) is 0. The lowest BCUT2D eigenvalue weighted by atomic mass is 10.1. The summed E-state index contributed by atoms with van der Waals surface area (Å²) < 4.78 is 1.95. The Balaban J connectivity index is 2.11. The molecule has 1 aromatic carbocycles. The highest BCUT2D eigenvalue weighted by atomic mass is 15.3. The van der Waals surface area contributed by atoms with Gasteiger partial charge in [0.2, 0.25) is 0 Å². The number of rotatable bonds is 1. The molecule has 3 N–H and O–H groups in total. The molecule has 2 heterocycles. The van der Waals surface area contributed by atoms with Crippen molar-refractivity contribution in [2.45, 2.75) is 19.9 Å². The van der Waals surface area contributed by atoms with Gasteiger partial charge in [0.05, 0.1) is 11.4 Å². The Morgan fingerprint density at radius 1 is 1.29 bits per heavy atom. The summed E-state index contributed by atoms with van der Waals surface area (Å²) in [5.74, 6) is 0.669. The molecule has 0 aliphatic carbocycles. The first kappa shape index (κ1) is 10.4. The van der Waals surface area contributed by atoms with Gasteiger partial charge >= 0.3 is 0 Å². The zero-order chi connectivity index (χ0) is 11.8. The minimum Gasteiger partial charge on any atom is -0.382 e. The van der Waals surface area contributed by atoms with Gasteiger partial charge in [0.1, 0.15) is 5.82 Å². The van der Waals surface area contributed by atoms with Crippen LogP contribution in [0.4, 0.5) is 5.82 Å². The van der Waals surface area contributed by atoms with Gasteiger partial charge in [-0.25, -0.2) is 4.68 Å². The van der Waals surface area contributed by atoms with Crippen LogP contribution in [0.5, 0.6) is 0 Å². The maximum atomic E-state index is 5.97. The molecule has 2 aromatic rings. The molecule has 3 rings (SSSR count). The zero-order valence-electron chi connectivity index (χ0n) is 9.90. The maximum Gasteiger partial charge on any atom is 0.149 e. The number of hydrogen-bond acceptors (Lipinski definition) is 3. The van der Waals surface area contributed by atoms with E-state index in [0.717, 1.165) is 25.2 Å². The number of nitrogens with one attached hydrogen (secondary N) is 1. The van der Waals surface area contributed by atoms with Crippen molar-refractivity contribution in [3.05, 3.63) is 41.1 Å². The third kappa shape index (κ3) is 1.70. The molecule has 17 heavy (non-hydrogen) atoms. The van der Waals surface area contributed by atoms with Gasteiger partial charge in [0.25, 0.3) is 0 Å². The molecule has 1 aromatic heterocycles. The summed E-state index contributed by atoms with van der Waals surface area (Å²) in [5, 5.41) is 7.81. The van der Waals surface area contributed by atoms with Crippen LogP contribution in [0.3, 0.4) is 0 Å². The molecule has 0 fully saturated rings. The molecule has 1 aliphatic heterocycles. The van der Waals surface area contributed by atoms with E-state index in [4.69, 9.17) is 5.73 Å². The second kappa shape index (κ2) is 3.89. The van der Waals surface area contributed by atoms with Gasteiger partial charge in [-0.3, -0.25) is 0 Å². The standard InChI is InChI=1S/C13H16N4/c1-9-2-4-10(5-3-9)17-12-8-15-7-6-11(12)13(14)16-17/h2-5,15H,6-8H2,1H3,(H2,14,16). The van der Waals surface area contributed by atoms with Gasteiger partial charge in [-0.2, -0.15) is 5.10 Å². The van der Waals surface area contributed by atoms with Gasteiger partial charge in [-0.15, -0.1) is 0 Å². The second-order valence-electron chi connectivity index (χ2n) is 4.48. The molecule has 1 aliphatic rings. The van der Waals surface area contributed by atoms with E-state index in [1.54, 1.807) is 0 Å². The third-order valence-corrected chi connectivity index (χ3v) is 3.24. The first-order valence-corrected chi connectivity index (χ1v) is 5.90. The number of nitrogen functional groups attached to an aromatic ring is 1. The number of anilines is 1. The summed E-state index contributed by atoms with van der Waals surface area (Å²) in [6, 6.07) is 8.35. The first-order valence-electron chi connectivity index (χ1n) is 5.90. The average molecular weight is 228 g/mol. The van der Waals surface area contributed by atoms with Crippen molar-refractivity contribution in [3.8, 4) is 5.69 Å². The summed E-state index contributed by atoms with van der Waals surface area (Å²) in [4.78, 5) is 0. The van der Waals surface area contributed by atoms with Crippen molar-refractivity contribution < 1.29 is 0 Å². The van der Waals surface area contributed by atoms with Crippen molar-refractivity contribution in [1.29, 1.82) is 0 Å². The van der Waals surface area contributed by atoms with Gasteiger partial charge < -0.3 is 11.1 Å². The van der Waals surface area contributed by atoms with Crippen LogP contribution in [0.1, 0.15) is 16.8 Å². The van der Waals surface area contributed by atoms with Gasteiger partial charge in [0, 0.05) is 12.1 Å². The number of aryl methyl sites for hydroxylation is 1. The molecular weight excluding hydrogens is 212 g/mol. The highest BCUT2D eigenvalue weighted by molar-refractivity contribution is 5.48. The number of nitrogens with two attached hydrogens (primary N) is 1. The molecule has 4 heteroatoms. The summed E-state index contributed by atoms with van der Waals surface area (Å²) in [5.41, 5.74) is 10.7. The quantitative estimate of drug-likeness (QED) is 0.776. The van der Waals surface area contributed by atoms with Gasteiger partial charge in [-0.1, -0.05) is 17.7 Å². The lowest BCUT2D eigenvalue weighted by Gasteiger charge is -2.15. The average Bonchev–Trinajstić information content (AvgIpc) is 2.69. The molecule has 88 valence electrons. The Morgan fingerprint density at radius 3 is 2.82 bits per heavy atom. The van der Waals surface area contributed by atoms with Crippen molar-refractivity contribution in [2.24, 2.45) is 0 Å². The first-order chi connectivity index (χ1) is 8.25. The second-order valence-corrected chi connectivity index (χ2v) is 4.48. The van der Waals surface area contributed by atoms with E-state index in [0.29, 0.717) is 5.82 Å². The number of nitrogens with zero attached hydrogens (tertiary/aromatic N) is 2. The van der Waals surface area contributed by atoms with Crippen LogP contribution in [0.15, 0.2) is 24.3 Å². The zero-order valence-corrected chi connectivity index (χ0v) is 9.90. The molecule has 4 nitrogen and oxygen atoms in total. The number of hydrogen-bond donors (Lipinski definition) is 2. The Labute approximate surface area is 100 Å². The van der Waals surface area contributed by atoms with Crippen LogP contribution in [-0.4, -0.2) is 16.3 Å². The van der Waals surface area contributed by atoms with E-state index in [1.165, 1.54) is 16.8 Å². The Kier molecular flexibility index (Phi) is 2.37. The highest BCUT2D eigenvalue weighted by Crippen LogP contribution is 2.23. The van der Waals surface area contributed by atoms with Crippen molar-refractivity contribution >= 4 is 5.82 Å². The van der Waals surface area contributed by atoms with E-state index in [2.05, 4.69) is 41.6 Å². The number of aromatic nitrogens is 2. The van der Waals surface area contributed by atoms with E-state index in [9.17, 15) is 0 Å². The van der Waals surface area contributed by atoms with E-state index in [-0.39, 0.29) is 0 Å². The van der Waals surface area contributed by atoms with Crippen molar-refractivity contribution in [2.75, 3.05) is 12.3 Å². The Hall–Kier alpha value is -1.81. The molecule has 0 saturated carbocycles. The van der Waals surface area contributed by atoms with Crippen LogP contribution >= 0.6 is 0 Å². The minimum absolute atomic E-state index is 0.669. The topological polar surface area (TPSA) is 55.9 Å². The Bertz CT molecular complexity index is 539. The lowest BCUT2D eigenvalue weighted by molar-refractivity contribution is 0.614. The minimum atomic E-state index is 0.669. The van der Waals surface area contributed by atoms with Crippen LogP contribution < -0.4 is 11.1 Å². The highest BCUT2D eigenvalue weighted by Gasteiger charge is 2.19. The van der Waals surface area contributed by atoms with Crippen LogP contribution in [0.2, 0.25) is 0 Å². The maximum absolute atomic E-state index is 5.97. The predicted molar refractivity (Wildman–Crippen MR) is 68.1 cm³/mol. The van der Waals surface area contributed by atoms with Crippen LogP contribution in [0.25, 0.3) is 5.69 Å². The fourth-order valence-corrected chi connectivity index (χ4v) is 2.28. The van der Waals surface area contributed by atoms with Crippen LogP contribution in [-0.2, 0) is 13.0 Å². The number of benzene rings is 1. The summed E-state index contributed by atoms with van der Waals surface area (Å²) in [6.07, 6.45) is 0.965. The SMILES string of the molecule is Cc1ccc(-n2nc(N)c3c2CNCC3)cc1. The largest absolute Gasteiger partial charge is 0.382 e. The molecule has 0 saturated heterocycles. The number of fused-ring (bicyclic) bond motifs is 1. The van der Waals surface area contributed by atoms with Crippen molar-refractivity contribution in [3.63, 3.8) is 0 Å². The smallest absolute Gasteiger partial charge is 0.149 e. The fraction of sp³-hybridized carbons (Fsp3) is 0.308. The normalized spacial score (nSPS) is 14.6. The molecule has 0 unspecified atom stereocenters. The molecular formula is C13H16N4. The molecule has 0 atom stereocenters. The molecule has 0 amide bonds. The summed E-state index contributed by atoms with van der Waals surface area (Å²) >= 11 is 0. The van der Waals surface area contributed by atoms with E-state index < -0.39 is 0 Å². The summed E-state index contributed by atoms with van der Waals surface area (Å²) in [6.45, 7) is 3.91. The fourth-order valence-electron chi connectivity index (χ4n) is 2.28. The Morgan fingerprint density at radius 2 is 2.06 bits per heavy atom. The monoisotopic (exact) mass is 228 g/mol.